The predicted molar refractivity (Wildman–Crippen MR) is 59.5 cm³/mol. The zero-order valence-corrected chi connectivity index (χ0v) is 9.88. The molecule has 0 radical (unpaired) electrons. The summed E-state index contributed by atoms with van der Waals surface area (Å²) in [5.74, 6) is -0.0193. The van der Waals surface area contributed by atoms with E-state index in [0.717, 1.165) is 19.3 Å². The summed E-state index contributed by atoms with van der Waals surface area (Å²) in [5, 5.41) is 2.97. The van der Waals surface area contributed by atoms with Gasteiger partial charge in [0.1, 0.15) is 6.10 Å². The molecule has 3 atom stereocenters. The lowest BCUT2D eigenvalue weighted by atomic mass is 9.98. The van der Waals surface area contributed by atoms with Gasteiger partial charge in [0.05, 0.1) is 6.10 Å². The molecule has 3 unspecified atom stereocenters. The molecule has 88 valence electrons. The van der Waals surface area contributed by atoms with E-state index in [9.17, 15) is 4.79 Å². The molecule has 1 aliphatic rings. The van der Waals surface area contributed by atoms with Crippen molar-refractivity contribution in [1.82, 2.24) is 5.32 Å². The van der Waals surface area contributed by atoms with Gasteiger partial charge in [-0.2, -0.15) is 0 Å². The molecule has 15 heavy (non-hydrogen) atoms. The summed E-state index contributed by atoms with van der Waals surface area (Å²) in [4.78, 5) is 11.8. The van der Waals surface area contributed by atoms with Gasteiger partial charge < -0.3 is 15.8 Å². The molecule has 3 N–H and O–H groups in total. The fraction of sp³-hybridized carbons (Fsp3) is 0.909. The zero-order valence-electron chi connectivity index (χ0n) is 9.88. The summed E-state index contributed by atoms with van der Waals surface area (Å²) in [7, 11) is 0. The number of nitrogens with two attached hydrogens (primary N) is 1. The second-order valence-corrected chi connectivity index (χ2v) is 4.62. The summed E-state index contributed by atoms with van der Waals surface area (Å²) < 4.78 is 5.51. The number of carbonyl (C=O) groups is 1. The molecule has 1 rings (SSSR count). The SMILES string of the molecule is CCC(C)(CN)NC(=O)C1CCC(C)O1. The molecule has 1 aliphatic heterocycles. The van der Waals surface area contributed by atoms with E-state index in [1.165, 1.54) is 0 Å². The number of nitrogens with one attached hydrogen (secondary N) is 1. The van der Waals surface area contributed by atoms with Crippen LogP contribution in [0.2, 0.25) is 0 Å². The maximum Gasteiger partial charge on any atom is 0.249 e. The lowest BCUT2D eigenvalue weighted by Gasteiger charge is -2.29. The van der Waals surface area contributed by atoms with Gasteiger partial charge in [0.2, 0.25) is 5.91 Å². The van der Waals surface area contributed by atoms with Crippen LogP contribution in [0.4, 0.5) is 0 Å². The maximum absolute atomic E-state index is 11.8. The molecule has 0 spiro atoms. The zero-order chi connectivity index (χ0) is 11.5. The van der Waals surface area contributed by atoms with Gasteiger partial charge in [-0.25, -0.2) is 0 Å². The predicted octanol–water partition coefficient (Wildman–Crippen LogP) is 0.797. The minimum absolute atomic E-state index is 0.0193. The van der Waals surface area contributed by atoms with Gasteiger partial charge in [-0.15, -0.1) is 0 Å². The van der Waals surface area contributed by atoms with Crippen LogP contribution in [0.15, 0.2) is 0 Å². The Bertz CT molecular complexity index is 227. The molecule has 0 aromatic heterocycles. The van der Waals surface area contributed by atoms with Crippen molar-refractivity contribution >= 4 is 5.91 Å². The Labute approximate surface area is 91.5 Å². The normalized spacial score (nSPS) is 29.9. The number of rotatable bonds is 4. The van der Waals surface area contributed by atoms with Crippen LogP contribution < -0.4 is 11.1 Å². The molecule has 0 bridgehead atoms. The van der Waals surface area contributed by atoms with Crippen LogP contribution in [0.25, 0.3) is 0 Å². The summed E-state index contributed by atoms with van der Waals surface area (Å²) in [6.45, 7) is 6.43. The number of ether oxygens (including phenoxy) is 1. The van der Waals surface area contributed by atoms with E-state index in [-0.39, 0.29) is 23.7 Å². The van der Waals surface area contributed by atoms with Crippen molar-refractivity contribution in [3.63, 3.8) is 0 Å². The first kappa shape index (κ1) is 12.5. The molecular formula is C11H22N2O2. The Hall–Kier alpha value is -0.610. The van der Waals surface area contributed by atoms with Crippen molar-refractivity contribution in [3.8, 4) is 0 Å². The smallest absolute Gasteiger partial charge is 0.249 e. The van der Waals surface area contributed by atoms with Crippen LogP contribution in [0.1, 0.15) is 40.0 Å². The highest BCUT2D eigenvalue weighted by Gasteiger charge is 2.32. The molecule has 4 heteroatoms. The van der Waals surface area contributed by atoms with Crippen LogP contribution in [0.3, 0.4) is 0 Å². The lowest BCUT2D eigenvalue weighted by molar-refractivity contribution is -0.133. The Morgan fingerprint density at radius 2 is 2.27 bits per heavy atom. The van der Waals surface area contributed by atoms with Gasteiger partial charge in [0, 0.05) is 12.1 Å². The van der Waals surface area contributed by atoms with E-state index in [2.05, 4.69) is 5.32 Å². The van der Waals surface area contributed by atoms with Crippen molar-refractivity contribution in [2.75, 3.05) is 6.54 Å². The average molecular weight is 214 g/mol. The largest absolute Gasteiger partial charge is 0.365 e. The highest BCUT2D eigenvalue weighted by Crippen LogP contribution is 2.20. The second kappa shape index (κ2) is 4.94. The van der Waals surface area contributed by atoms with Gasteiger partial charge in [-0.05, 0) is 33.1 Å². The molecule has 0 aliphatic carbocycles. The summed E-state index contributed by atoms with van der Waals surface area (Å²) >= 11 is 0. The van der Waals surface area contributed by atoms with Crippen molar-refractivity contribution < 1.29 is 9.53 Å². The fourth-order valence-electron chi connectivity index (χ4n) is 1.66. The van der Waals surface area contributed by atoms with Gasteiger partial charge in [0.15, 0.2) is 0 Å². The molecular weight excluding hydrogens is 192 g/mol. The second-order valence-electron chi connectivity index (χ2n) is 4.62. The molecule has 4 nitrogen and oxygen atoms in total. The molecule has 1 fully saturated rings. The third kappa shape index (κ3) is 3.18. The van der Waals surface area contributed by atoms with Gasteiger partial charge >= 0.3 is 0 Å². The molecule has 1 amide bonds. The average Bonchev–Trinajstić information content (AvgIpc) is 2.65. The van der Waals surface area contributed by atoms with Gasteiger partial charge in [-0.1, -0.05) is 6.92 Å². The quantitative estimate of drug-likeness (QED) is 0.727. The number of amides is 1. The lowest BCUT2D eigenvalue weighted by Crippen LogP contribution is -2.53. The van der Waals surface area contributed by atoms with Crippen molar-refractivity contribution in [2.45, 2.75) is 57.8 Å². The minimum Gasteiger partial charge on any atom is -0.365 e. The maximum atomic E-state index is 11.8. The molecule has 0 saturated carbocycles. The Balaban J connectivity index is 2.48. The summed E-state index contributed by atoms with van der Waals surface area (Å²) in [6, 6.07) is 0. The van der Waals surface area contributed by atoms with Gasteiger partial charge in [0.25, 0.3) is 0 Å². The number of hydrogen-bond acceptors (Lipinski definition) is 3. The first-order valence-electron chi connectivity index (χ1n) is 5.68. The van der Waals surface area contributed by atoms with Crippen molar-refractivity contribution in [3.05, 3.63) is 0 Å². The van der Waals surface area contributed by atoms with E-state index >= 15 is 0 Å². The van der Waals surface area contributed by atoms with Crippen LogP contribution >= 0.6 is 0 Å². The van der Waals surface area contributed by atoms with E-state index in [1.807, 2.05) is 20.8 Å². The summed E-state index contributed by atoms with van der Waals surface area (Å²) in [5.41, 5.74) is 5.34. The van der Waals surface area contributed by atoms with Crippen molar-refractivity contribution in [1.29, 1.82) is 0 Å². The fourth-order valence-corrected chi connectivity index (χ4v) is 1.66. The monoisotopic (exact) mass is 214 g/mol. The highest BCUT2D eigenvalue weighted by molar-refractivity contribution is 5.81. The third-order valence-corrected chi connectivity index (χ3v) is 3.18. The first-order chi connectivity index (χ1) is 7.00. The van der Waals surface area contributed by atoms with Gasteiger partial charge in [-0.3, -0.25) is 4.79 Å². The standard InChI is InChI=1S/C11H22N2O2/c1-4-11(3,7-12)13-10(14)9-6-5-8(2)15-9/h8-9H,4-7,12H2,1-3H3,(H,13,14). The molecule has 1 heterocycles. The Morgan fingerprint density at radius 3 is 2.67 bits per heavy atom. The first-order valence-corrected chi connectivity index (χ1v) is 5.68. The van der Waals surface area contributed by atoms with Crippen LogP contribution in [-0.4, -0.2) is 30.2 Å². The highest BCUT2D eigenvalue weighted by atomic mass is 16.5. The van der Waals surface area contributed by atoms with Crippen molar-refractivity contribution in [2.24, 2.45) is 5.73 Å². The molecule has 0 aromatic rings. The minimum atomic E-state index is -0.299. The van der Waals surface area contributed by atoms with Crippen LogP contribution in [-0.2, 0) is 9.53 Å². The topological polar surface area (TPSA) is 64.3 Å². The molecule has 0 aromatic carbocycles. The Kier molecular flexibility index (Phi) is 4.11. The van der Waals surface area contributed by atoms with E-state index in [1.54, 1.807) is 0 Å². The molecule has 1 saturated heterocycles. The summed E-state index contributed by atoms with van der Waals surface area (Å²) in [6.07, 6.45) is 2.53. The van der Waals surface area contributed by atoms with E-state index in [4.69, 9.17) is 10.5 Å². The van der Waals surface area contributed by atoms with E-state index in [0.29, 0.717) is 6.54 Å². The van der Waals surface area contributed by atoms with Crippen LogP contribution in [0, 0.1) is 0 Å². The third-order valence-electron chi connectivity index (χ3n) is 3.18. The number of carbonyl (C=O) groups excluding carboxylic acids is 1. The number of hydrogen-bond donors (Lipinski definition) is 2. The van der Waals surface area contributed by atoms with E-state index < -0.39 is 0 Å². The van der Waals surface area contributed by atoms with Crippen LogP contribution in [0.5, 0.6) is 0 Å². The Morgan fingerprint density at radius 1 is 1.60 bits per heavy atom.